The number of carbonyl (C=O) groups excluding carboxylic acids is 4. The number of hydrogen-bond donors (Lipinski definition) is 2. The third kappa shape index (κ3) is 3.22. The molecule has 4 atom stereocenters. The standard InChI is InChI=1S/C26H23FN6O7/c1-11-9-32-18-13(8-26(20(32)12(2)39-11)22(34)29-24(36)30-23(26)35)7-14-19(17(18)27)40-31-21(14)33-16(10-38-25(33)37)15-5-3-4-6-28-15/h3-7,11-12,16,20H,8-10H2,1-2H3,(H2,29,30,34,35,36)/t11-,12+,16+,20?/m1/s1. The molecule has 0 bridgehead atoms. The van der Waals surface area contributed by atoms with Gasteiger partial charge in [-0.05, 0) is 37.6 Å². The number of fused-ring (bicyclic) bond motifs is 5. The molecule has 3 fully saturated rings. The van der Waals surface area contributed by atoms with Crippen molar-refractivity contribution in [3.05, 3.63) is 47.5 Å². The average molecular weight is 551 g/mol. The third-order valence-corrected chi connectivity index (χ3v) is 8.08. The van der Waals surface area contributed by atoms with Gasteiger partial charge in [-0.25, -0.2) is 18.9 Å². The quantitative estimate of drug-likeness (QED) is 0.452. The fourth-order valence-electron chi connectivity index (χ4n) is 6.56. The van der Waals surface area contributed by atoms with Crippen molar-refractivity contribution < 1.29 is 37.6 Å². The molecule has 0 saturated carbocycles. The SMILES string of the molecule is C[C@@H]1CN2c3c(cc4c(N5C(=O)OC[C@H]5c5ccccn5)noc4c3F)CC3(C(=O)NC(=O)NC3=O)C2[C@H](C)O1. The number of benzene rings is 1. The number of hydrogen-bond acceptors (Lipinski definition) is 10. The van der Waals surface area contributed by atoms with Crippen LogP contribution in [0.4, 0.5) is 25.5 Å². The van der Waals surface area contributed by atoms with Crippen molar-refractivity contribution in [2.45, 2.75) is 44.6 Å². The van der Waals surface area contributed by atoms with Crippen LogP contribution in [0.15, 0.2) is 35.0 Å². The van der Waals surface area contributed by atoms with Gasteiger partial charge in [-0.2, -0.15) is 0 Å². The van der Waals surface area contributed by atoms with Gasteiger partial charge in [0.1, 0.15) is 12.6 Å². The molecule has 5 amide bonds. The van der Waals surface area contributed by atoms with E-state index in [1.165, 1.54) is 4.90 Å². The van der Waals surface area contributed by atoms with Gasteiger partial charge in [-0.15, -0.1) is 0 Å². The van der Waals surface area contributed by atoms with Gasteiger partial charge in [0, 0.05) is 19.2 Å². The maximum Gasteiger partial charge on any atom is 0.416 e. The van der Waals surface area contributed by atoms with Crippen molar-refractivity contribution in [1.29, 1.82) is 0 Å². The first-order valence-corrected chi connectivity index (χ1v) is 12.8. The molecule has 2 aromatic heterocycles. The van der Waals surface area contributed by atoms with E-state index >= 15 is 4.39 Å². The van der Waals surface area contributed by atoms with E-state index in [0.29, 0.717) is 11.3 Å². The highest BCUT2D eigenvalue weighted by atomic mass is 19.1. The lowest BCUT2D eigenvalue weighted by Crippen LogP contribution is -2.75. The van der Waals surface area contributed by atoms with Crippen molar-refractivity contribution in [3.63, 3.8) is 0 Å². The van der Waals surface area contributed by atoms with E-state index in [9.17, 15) is 19.2 Å². The molecule has 0 radical (unpaired) electrons. The second-order valence-corrected chi connectivity index (χ2v) is 10.4. The van der Waals surface area contributed by atoms with Gasteiger partial charge in [0.15, 0.2) is 17.1 Å². The number of carbonyl (C=O) groups is 4. The highest BCUT2D eigenvalue weighted by Crippen LogP contribution is 2.50. The molecule has 4 aliphatic heterocycles. The summed E-state index contributed by atoms with van der Waals surface area (Å²) in [5.41, 5.74) is -0.978. The maximum atomic E-state index is 16.4. The number of rotatable bonds is 2. The normalized spacial score (nSPS) is 27.4. The van der Waals surface area contributed by atoms with Crippen molar-refractivity contribution in [1.82, 2.24) is 20.8 Å². The Bertz CT molecular complexity index is 1590. The zero-order valence-corrected chi connectivity index (χ0v) is 21.3. The molecule has 7 rings (SSSR count). The number of cyclic esters (lactones) is 1. The van der Waals surface area contributed by atoms with Crippen molar-refractivity contribution in [2.75, 3.05) is 23.0 Å². The Labute approximate surface area is 225 Å². The predicted molar refractivity (Wildman–Crippen MR) is 134 cm³/mol. The summed E-state index contributed by atoms with van der Waals surface area (Å²) in [4.78, 5) is 58.9. The molecule has 1 aromatic carbocycles. The Kier molecular flexibility index (Phi) is 5.17. The van der Waals surface area contributed by atoms with Crippen LogP contribution >= 0.6 is 0 Å². The summed E-state index contributed by atoms with van der Waals surface area (Å²) in [5, 5.41) is 8.62. The largest absolute Gasteiger partial charge is 0.446 e. The summed E-state index contributed by atoms with van der Waals surface area (Å²) in [6.45, 7) is 3.68. The van der Waals surface area contributed by atoms with Crippen LogP contribution < -0.4 is 20.4 Å². The summed E-state index contributed by atoms with van der Waals surface area (Å²) in [5.74, 6) is -2.32. The minimum Gasteiger partial charge on any atom is -0.446 e. The number of nitrogens with one attached hydrogen (secondary N) is 2. The van der Waals surface area contributed by atoms with Crippen LogP contribution in [-0.4, -0.2) is 65.5 Å². The van der Waals surface area contributed by atoms with E-state index in [1.807, 2.05) is 0 Å². The lowest BCUT2D eigenvalue weighted by atomic mass is 9.66. The number of pyridine rings is 1. The minimum absolute atomic E-state index is 0.000337. The number of nitrogens with zero attached hydrogens (tertiary/aromatic N) is 4. The smallest absolute Gasteiger partial charge is 0.416 e. The van der Waals surface area contributed by atoms with Gasteiger partial charge in [0.05, 0.1) is 35.0 Å². The Balaban J connectivity index is 1.42. The Hall–Kier alpha value is -4.59. The number of imide groups is 2. The van der Waals surface area contributed by atoms with Crippen LogP contribution in [0.2, 0.25) is 0 Å². The maximum absolute atomic E-state index is 16.4. The molecule has 1 unspecified atom stereocenters. The number of anilines is 2. The van der Waals surface area contributed by atoms with E-state index in [1.54, 1.807) is 49.2 Å². The van der Waals surface area contributed by atoms with E-state index in [0.717, 1.165) is 0 Å². The fourth-order valence-corrected chi connectivity index (χ4v) is 6.56. The number of ether oxygens (including phenoxy) is 2. The molecule has 6 heterocycles. The summed E-state index contributed by atoms with van der Waals surface area (Å²) in [7, 11) is 0. The molecule has 4 aliphatic rings. The zero-order valence-electron chi connectivity index (χ0n) is 21.3. The number of morpholine rings is 1. The highest BCUT2D eigenvalue weighted by Gasteiger charge is 2.63. The lowest BCUT2D eigenvalue weighted by molar-refractivity contribution is -0.153. The molecule has 0 aliphatic carbocycles. The van der Waals surface area contributed by atoms with Gasteiger partial charge in [-0.3, -0.25) is 25.2 Å². The summed E-state index contributed by atoms with van der Waals surface area (Å²) < 4.78 is 33.1. The van der Waals surface area contributed by atoms with Gasteiger partial charge >= 0.3 is 12.1 Å². The fraction of sp³-hybridized carbons (Fsp3) is 0.385. The van der Waals surface area contributed by atoms with Crippen molar-refractivity contribution in [2.24, 2.45) is 5.41 Å². The first-order valence-electron chi connectivity index (χ1n) is 12.8. The predicted octanol–water partition coefficient (Wildman–Crippen LogP) is 1.95. The Morgan fingerprint density at radius 2 is 1.90 bits per heavy atom. The van der Waals surface area contributed by atoms with Crippen LogP contribution in [0.25, 0.3) is 11.0 Å². The van der Waals surface area contributed by atoms with E-state index in [4.69, 9.17) is 14.0 Å². The molecule has 1 spiro atoms. The van der Waals surface area contributed by atoms with E-state index < -0.39 is 53.4 Å². The Morgan fingerprint density at radius 1 is 1.12 bits per heavy atom. The zero-order chi connectivity index (χ0) is 27.9. The molecule has 13 nitrogen and oxygen atoms in total. The Morgan fingerprint density at radius 3 is 2.62 bits per heavy atom. The molecule has 40 heavy (non-hydrogen) atoms. The van der Waals surface area contributed by atoms with Crippen molar-refractivity contribution in [3.8, 4) is 0 Å². The number of amides is 5. The number of barbiturate groups is 1. The van der Waals surface area contributed by atoms with Gasteiger partial charge < -0.3 is 18.9 Å². The van der Waals surface area contributed by atoms with E-state index in [-0.39, 0.29) is 48.2 Å². The number of aromatic nitrogens is 2. The molecule has 206 valence electrons. The lowest BCUT2D eigenvalue weighted by Gasteiger charge is -2.55. The van der Waals surface area contributed by atoms with E-state index in [2.05, 4.69) is 20.8 Å². The average Bonchev–Trinajstić information content (AvgIpc) is 3.50. The molecular formula is C26H23FN6O7. The summed E-state index contributed by atoms with van der Waals surface area (Å²) in [6.07, 6.45) is -0.383. The minimum atomic E-state index is -1.79. The third-order valence-electron chi connectivity index (χ3n) is 8.08. The topological polar surface area (TPSA) is 156 Å². The van der Waals surface area contributed by atoms with Crippen LogP contribution in [-0.2, 0) is 25.5 Å². The van der Waals surface area contributed by atoms with Crippen LogP contribution in [0.3, 0.4) is 0 Å². The van der Waals surface area contributed by atoms with Crippen LogP contribution in [0, 0.1) is 11.2 Å². The molecule has 14 heteroatoms. The van der Waals surface area contributed by atoms with Gasteiger partial charge in [0.25, 0.3) is 0 Å². The number of urea groups is 1. The van der Waals surface area contributed by atoms with Gasteiger partial charge in [-0.1, -0.05) is 11.2 Å². The van der Waals surface area contributed by atoms with Gasteiger partial charge in [0.2, 0.25) is 17.4 Å². The van der Waals surface area contributed by atoms with Crippen LogP contribution in [0.1, 0.15) is 31.1 Å². The second kappa shape index (κ2) is 8.45. The molecule has 3 aromatic rings. The molecule has 3 saturated heterocycles. The highest BCUT2D eigenvalue weighted by molar-refractivity contribution is 6.20. The molecular weight excluding hydrogens is 527 g/mol. The van der Waals surface area contributed by atoms with Crippen LogP contribution in [0.5, 0.6) is 0 Å². The second-order valence-electron chi connectivity index (χ2n) is 10.4. The first kappa shape index (κ1) is 24.5. The summed E-state index contributed by atoms with van der Waals surface area (Å²) in [6, 6.07) is 4.33. The molecule has 2 N–H and O–H groups in total. The van der Waals surface area contributed by atoms with Crippen molar-refractivity contribution >= 4 is 46.4 Å². The first-order chi connectivity index (χ1) is 19.2. The summed E-state index contributed by atoms with van der Waals surface area (Å²) >= 11 is 0. The monoisotopic (exact) mass is 550 g/mol. The number of halogens is 1.